The molecule has 1 amide bonds. The van der Waals surface area contributed by atoms with Crippen LogP contribution in [0, 0.1) is 0 Å². The molecule has 2 aromatic rings. The molecule has 0 saturated carbocycles. The number of halogens is 1. The predicted octanol–water partition coefficient (Wildman–Crippen LogP) is 3.93. The molecule has 0 aromatic heterocycles. The van der Waals surface area contributed by atoms with Gasteiger partial charge in [-0.1, -0.05) is 18.0 Å². The first kappa shape index (κ1) is 22.4. The number of hydrogen-bond acceptors (Lipinski definition) is 5. The summed E-state index contributed by atoms with van der Waals surface area (Å²) in [6.45, 7) is 0.384. The number of carbonyl (C=O) groups excluding carboxylic acids is 1. The summed E-state index contributed by atoms with van der Waals surface area (Å²) >= 11 is 5.89. The van der Waals surface area contributed by atoms with Crippen LogP contribution in [-0.2, 0) is 14.8 Å². The number of nitrogens with zero attached hydrogens (tertiary/aromatic N) is 1. The lowest BCUT2D eigenvalue weighted by Crippen LogP contribution is -2.45. The molecule has 0 unspecified atom stereocenters. The molecule has 9 heteroatoms. The molecule has 162 valence electrons. The van der Waals surface area contributed by atoms with Crippen LogP contribution in [-0.4, -0.2) is 45.4 Å². The number of anilines is 1. The van der Waals surface area contributed by atoms with Gasteiger partial charge in [-0.05, 0) is 49.2 Å². The van der Waals surface area contributed by atoms with Gasteiger partial charge in [0.25, 0.3) is 0 Å². The van der Waals surface area contributed by atoms with E-state index in [1.54, 1.807) is 37.4 Å². The second kappa shape index (κ2) is 9.68. The Morgan fingerprint density at radius 2 is 1.87 bits per heavy atom. The average Bonchev–Trinajstić information content (AvgIpc) is 2.74. The molecule has 3 rings (SSSR count). The van der Waals surface area contributed by atoms with Crippen molar-refractivity contribution < 1.29 is 22.7 Å². The first-order valence-electron chi connectivity index (χ1n) is 9.64. The number of methoxy groups -OCH3 is 2. The van der Waals surface area contributed by atoms with Gasteiger partial charge in [0.1, 0.15) is 11.5 Å². The number of carbonyl (C=O) groups is 1. The maximum absolute atomic E-state index is 13.1. The monoisotopic (exact) mass is 452 g/mol. The Morgan fingerprint density at radius 1 is 1.13 bits per heavy atom. The number of ether oxygens (including phenoxy) is 2. The molecule has 7 nitrogen and oxygen atoms in total. The van der Waals surface area contributed by atoms with Gasteiger partial charge >= 0.3 is 0 Å². The van der Waals surface area contributed by atoms with Crippen LogP contribution in [0.2, 0.25) is 5.02 Å². The number of rotatable bonds is 7. The quantitative estimate of drug-likeness (QED) is 0.688. The summed E-state index contributed by atoms with van der Waals surface area (Å²) in [5.74, 6) is 0.802. The van der Waals surface area contributed by atoms with E-state index in [0.717, 1.165) is 12.8 Å². The number of nitrogens with one attached hydrogen (secondary N) is 1. The summed E-state index contributed by atoms with van der Waals surface area (Å²) in [6, 6.07) is 10.8. The standard InChI is InChI=1S/C21H25ClN2O5S/c1-28-17-8-11-19(20(14-17)29-2)23-21(25)13-16-5-3-4-12-24(16)30(26,27)18-9-6-15(22)7-10-18/h6-11,14,16H,3-5,12-13H2,1-2H3,(H,23,25)/t16-/m1/s1. The Labute approximate surface area is 182 Å². The number of hydrogen-bond donors (Lipinski definition) is 1. The molecule has 0 spiro atoms. The Bertz CT molecular complexity index is 995. The van der Waals surface area contributed by atoms with Crippen molar-refractivity contribution >= 4 is 33.2 Å². The lowest BCUT2D eigenvalue weighted by atomic mass is 10.0. The highest BCUT2D eigenvalue weighted by Crippen LogP contribution is 2.31. The van der Waals surface area contributed by atoms with Gasteiger partial charge < -0.3 is 14.8 Å². The van der Waals surface area contributed by atoms with Gasteiger partial charge in [0.05, 0.1) is 24.8 Å². The maximum Gasteiger partial charge on any atom is 0.243 e. The first-order chi connectivity index (χ1) is 14.3. The van der Waals surface area contributed by atoms with Crippen LogP contribution in [0.4, 0.5) is 5.69 Å². The van der Waals surface area contributed by atoms with E-state index < -0.39 is 16.1 Å². The van der Waals surface area contributed by atoms with E-state index in [9.17, 15) is 13.2 Å². The minimum absolute atomic E-state index is 0.0575. The zero-order valence-electron chi connectivity index (χ0n) is 16.9. The van der Waals surface area contributed by atoms with E-state index in [2.05, 4.69) is 5.32 Å². The summed E-state index contributed by atoms with van der Waals surface area (Å²) < 4.78 is 38.2. The molecule has 1 aliphatic heterocycles. The van der Waals surface area contributed by atoms with E-state index in [-0.39, 0.29) is 17.2 Å². The van der Waals surface area contributed by atoms with Crippen LogP contribution in [0.25, 0.3) is 0 Å². The smallest absolute Gasteiger partial charge is 0.243 e. The summed E-state index contributed by atoms with van der Waals surface area (Å²) in [5, 5.41) is 3.29. The van der Waals surface area contributed by atoms with Gasteiger partial charge in [-0.2, -0.15) is 4.31 Å². The zero-order valence-corrected chi connectivity index (χ0v) is 18.5. The van der Waals surface area contributed by atoms with Crippen LogP contribution in [0.5, 0.6) is 11.5 Å². The third-order valence-electron chi connectivity index (χ3n) is 5.10. The molecule has 2 aromatic carbocycles. The van der Waals surface area contributed by atoms with Gasteiger partial charge in [-0.15, -0.1) is 0 Å². The van der Waals surface area contributed by atoms with Gasteiger partial charge in [0.2, 0.25) is 15.9 Å². The van der Waals surface area contributed by atoms with Crippen molar-refractivity contribution in [2.75, 3.05) is 26.1 Å². The topological polar surface area (TPSA) is 84.9 Å². The SMILES string of the molecule is COc1ccc(NC(=O)C[C@H]2CCCCN2S(=O)(=O)c2ccc(Cl)cc2)c(OC)c1. The van der Waals surface area contributed by atoms with Gasteiger partial charge in [-0.3, -0.25) is 4.79 Å². The average molecular weight is 453 g/mol. The minimum Gasteiger partial charge on any atom is -0.497 e. The maximum atomic E-state index is 13.1. The second-order valence-corrected chi connectivity index (χ2v) is 9.36. The van der Waals surface area contributed by atoms with Crippen LogP contribution in [0.15, 0.2) is 47.4 Å². The summed E-state index contributed by atoms with van der Waals surface area (Å²) in [7, 11) is -0.661. The number of benzene rings is 2. The van der Waals surface area contributed by atoms with Gasteiger partial charge in [0, 0.05) is 30.1 Å². The molecule has 1 N–H and O–H groups in total. The summed E-state index contributed by atoms with van der Waals surface area (Å²) in [6.07, 6.45) is 2.32. The minimum atomic E-state index is -3.71. The van der Waals surface area contributed by atoms with Crippen molar-refractivity contribution in [1.82, 2.24) is 4.31 Å². The fourth-order valence-electron chi connectivity index (χ4n) is 3.55. The highest BCUT2D eigenvalue weighted by molar-refractivity contribution is 7.89. The molecule has 1 saturated heterocycles. The van der Waals surface area contributed by atoms with E-state index in [0.29, 0.717) is 35.2 Å². The fourth-order valence-corrected chi connectivity index (χ4v) is 5.37. The van der Waals surface area contributed by atoms with Gasteiger partial charge in [-0.25, -0.2) is 8.42 Å². The second-order valence-electron chi connectivity index (χ2n) is 7.04. The Balaban J connectivity index is 1.75. The van der Waals surface area contributed by atoms with E-state index in [1.807, 2.05) is 0 Å². The van der Waals surface area contributed by atoms with Gasteiger partial charge in [0.15, 0.2) is 0 Å². The van der Waals surface area contributed by atoms with E-state index in [4.69, 9.17) is 21.1 Å². The molecule has 0 radical (unpaired) electrons. The van der Waals surface area contributed by atoms with Crippen LogP contribution in [0.3, 0.4) is 0 Å². The molecule has 0 bridgehead atoms. The Kier molecular flexibility index (Phi) is 7.23. The van der Waals surface area contributed by atoms with Crippen molar-refractivity contribution in [2.45, 2.75) is 36.6 Å². The number of piperidine rings is 1. The molecule has 1 fully saturated rings. The van der Waals surface area contributed by atoms with Crippen LogP contribution >= 0.6 is 11.6 Å². The Hall–Kier alpha value is -2.29. The molecular weight excluding hydrogens is 428 g/mol. The molecule has 1 aliphatic rings. The fraction of sp³-hybridized carbons (Fsp3) is 0.381. The van der Waals surface area contributed by atoms with Crippen molar-refractivity contribution in [1.29, 1.82) is 0 Å². The highest BCUT2D eigenvalue weighted by atomic mass is 35.5. The first-order valence-corrected chi connectivity index (χ1v) is 11.5. The predicted molar refractivity (Wildman–Crippen MR) is 116 cm³/mol. The molecule has 30 heavy (non-hydrogen) atoms. The van der Waals surface area contributed by atoms with Crippen molar-refractivity contribution in [3.63, 3.8) is 0 Å². The van der Waals surface area contributed by atoms with Crippen molar-refractivity contribution in [2.24, 2.45) is 0 Å². The van der Waals surface area contributed by atoms with E-state index in [1.165, 1.54) is 23.5 Å². The van der Waals surface area contributed by atoms with Crippen LogP contribution < -0.4 is 14.8 Å². The van der Waals surface area contributed by atoms with Crippen molar-refractivity contribution in [3.05, 3.63) is 47.5 Å². The lowest BCUT2D eigenvalue weighted by molar-refractivity contribution is -0.117. The third-order valence-corrected chi connectivity index (χ3v) is 7.32. The largest absolute Gasteiger partial charge is 0.497 e. The Morgan fingerprint density at radius 3 is 2.53 bits per heavy atom. The highest BCUT2D eigenvalue weighted by Gasteiger charge is 2.34. The summed E-state index contributed by atoms with van der Waals surface area (Å²) in [4.78, 5) is 12.9. The normalized spacial score (nSPS) is 17.4. The number of sulfonamides is 1. The number of amides is 1. The molecular formula is C21H25ClN2O5S. The molecule has 1 heterocycles. The molecule has 1 atom stereocenters. The zero-order chi connectivity index (χ0) is 21.7. The molecule has 0 aliphatic carbocycles. The summed E-state index contributed by atoms with van der Waals surface area (Å²) in [5.41, 5.74) is 0.506. The van der Waals surface area contributed by atoms with E-state index >= 15 is 0 Å². The van der Waals surface area contributed by atoms with Crippen molar-refractivity contribution in [3.8, 4) is 11.5 Å². The lowest BCUT2D eigenvalue weighted by Gasteiger charge is -2.34. The van der Waals surface area contributed by atoms with Crippen LogP contribution in [0.1, 0.15) is 25.7 Å². The third kappa shape index (κ3) is 5.06.